The quantitative estimate of drug-likeness (QED) is 0.0279. The van der Waals surface area contributed by atoms with Crippen LogP contribution in [0.5, 0.6) is 11.5 Å². The molecule has 0 unspecified atom stereocenters. The van der Waals surface area contributed by atoms with Gasteiger partial charge < -0.3 is 26.4 Å². The van der Waals surface area contributed by atoms with Gasteiger partial charge in [-0.2, -0.15) is 18.4 Å². The number of nitrogen functional groups attached to an aromatic ring is 1. The zero-order chi connectivity index (χ0) is 113. The number of non-ortho nitro benzene ring substituents is 1. The highest BCUT2D eigenvalue weighted by atomic mass is 79.9. The van der Waals surface area contributed by atoms with Gasteiger partial charge in [0.2, 0.25) is 5.91 Å². The molecule has 14 rings (SSSR count). The molecule has 0 aliphatic heterocycles. The van der Waals surface area contributed by atoms with E-state index in [1.165, 1.54) is 96.5 Å². The monoisotopic (exact) mass is 2120 g/mol. The topological polar surface area (TPSA) is 203 Å². The fourth-order valence-corrected chi connectivity index (χ4v) is 13.9. The van der Waals surface area contributed by atoms with E-state index in [-0.39, 0.29) is 39.9 Å². The molecule has 798 valence electrons. The Balaban J connectivity index is 0.000000546. The summed E-state index contributed by atoms with van der Waals surface area (Å²) in [6.07, 6.45) is -8.85. The molecule has 0 saturated carbocycles. The molecule has 11 nitrogen and oxygen atoms in total. The zero-order valence-corrected chi connectivity index (χ0v) is 94.1. The fraction of sp³-hybridized carbons (Fsp3) is 0.326. The highest BCUT2D eigenvalue weighted by Gasteiger charge is 2.32. The van der Waals surface area contributed by atoms with Crippen molar-refractivity contribution >= 4 is 50.8 Å². The number of carboxylic acids is 1. The first kappa shape index (κ1) is 132. The molecule has 6 N–H and O–H groups in total. The van der Waals surface area contributed by atoms with Crippen molar-refractivity contribution in [2.75, 3.05) is 5.73 Å². The number of carbonyl (C=O) groups is 2. The molecule has 0 radical (unpaired) electrons. The van der Waals surface area contributed by atoms with E-state index in [9.17, 15) is 50.4 Å². The summed E-state index contributed by atoms with van der Waals surface area (Å²) in [5, 5.41) is 37.6. The number of carbonyl (C=O) groups excluding carboxylic acids is 1. The van der Waals surface area contributed by atoms with E-state index in [4.69, 9.17) is 38.5 Å². The highest BCUT2D eigenvalue weighted by molar-refractivity contribution is 9.10. The number of rotatable bonds is 18. The van der Waals surface area contributed by atoms with Gasteiger partial charge in [0.05, 0.1) is 27.7 Å². The maximum atomic E-state index is 12.5. The van der Waals surface area contributed by atoms with Gasteiger partial charge in [0.1, 0.15) is 17.3 Å². The number of ether oxygens (including phenoxy) is 1. The number of nitro groups is 1. The summed E-state index contributed by atoms with van der Waals surface area (Å²) >= 11 is 9.22. The van der Waals surface area contributed by atoms with E-state index in [1.807, 2.05) is 171 Å². The first-order chi connectivity index (χ1) is 69.8. The first-order valence-electron chi connectivity index (χ1n) is 50.5. The van der Waals surface area contributed by atoms with E-state index < -0.39 is 24.1 Å². The number of phenols is 1. The van der Waals surface area contributed by atoms with Crippen LogP contribution in [0.25, 0.3) is 11.1 Å². The summed E-state index contributed by atoms with van der Waals surface area (Å²) < 4.78 is 89.7. The van der Waals surface area contributed by atoms with Crippen LogP contribution in [0.15, 0.2) is 350 Å². The Hall–Kier alpha value is -13.4. The molecule has 0 fully saturated rings. The molecular weight excluding hydrogens is 1970 g/mol. The molecule has 0 aromatic heterocycles. The van der Waals surface area contributed by atoms with Crippen LogP contribution in [0, 0.1) is 34.2 Å². The largest absolute Gasteiger partial charge is 0.573 e. The molecule has 20 heteroatoms. The average molecular weight is 2120 g/mol. The number of hydrogen-bond acceptors (Lipinski definition) is 8. The van der Waals surface area contributed by atoms with Crippen molar-refractivity contribution in [3.05, 3.63) is 471 Å². The first-order valence-corrected chi connectivity index (χ1v) is 51.6. The van der Waals surface area contributed by atoms with Gasteiger partial charge in [-0.15, -0.1) is 13.2 Å². The molecule has 14 aromatic carbocycles. The van der Waals surface area contributed by atoms with E-state index in [2.05, 4.69) is 267 Å². The van der Waals surface area contributed by atoms with Crippen LogP contribution in [0.3, 0.4) is 0 Å². The molecule has 0 saturated heterocycles. The Bertz CT molecular complexity index is 5750. The van der Waals surface area contributed by atoms with Gasteiger partial charge >= 0.3 is 18.5 Å². The van der Waals surface area contributed by atoms with Gasteiger partial charge in [-0.1, -0.05) is 432 Å². The zero-order valence-electron chi connectivity index (χ0n) is 91.8. The number of aromatic carboxylic acids is 1. The van der Waals surface area contributed by atoms with Gasteiger partial charge in [0, 0.05) is 32.9 Å². The fourth-order valence-electron chi connectivity index (χ4n) is 13.3. The lowest BCUT2D eigenvalue weighted by Gasteiger charge is -2.11. The van der Waals surface area contributed by atoms with Gasteiger partial charge in [0.15, 0.2) is 0 Å². The van der Waals surface area contributed by atoms with Crippen molar-refractivity contribution in [2.45, 2.75) is 276 Å². The van der Waals surface area contributed by atoms with E-state index in [0.717, 1.165) is 55.7 Å². The predicted octanol–water partition coefficient (Wildman–Crippen LogP) is 39.8. The summed E-state index contributed by atoms with van der Waals surface area (Å²) in [5.74, 6) is 4.70. The van der Waals surface area contributed by atoms with Gasteiger partial charge in [-0.05, 0) is 283 Å². The lowest BCUT2D eigenvalue weighted by atomic mass is 9.98. The van der Waals surface area contributed by atoms with Crippen molar-refractivity contribution in [1.82, 2.24) is 0 Å². The van der Waals surface area contributed by atoms with Crippen LogP contribution in [-0.2, 0) is 6.18 Å². The van der Waals surface area contributed by atoms with Gasteiger partial charge in [0.25, 0.3) is 5.69 Å². The summed E-state index contributed by atoms with van der Waals surface area (Å²) in [4.78, 5) is 31.4. The second kappa shape index (κ2) is 69.0. The normalized spacial score (nSPS) is 10.6. The van der Waals surface area contributed by atoms with Crippen LogP contribution < -0.4 is 16.2 Å². The second-order valence-electron chi connectivity index (χ2n) is 39.6. The standard InChI is InChI=1S/C15H16.C10H11F3O.C10H11F3.C10H13NO.C10H11N.C10H12O2.C10H14.C9H11Br.C9H11Cl.C9H11F.C9H11NO2.C9H13N.C9H12O/c1-12(2)14-9-6-10-15(11-14)13-7-4-3-5-8-13;1-7(2)8-4-3-5-9(6-8)14-10(11,12)13;1-7(2)8-4-3-5-9(6-8)10(11,12)13;1-7(2)8-4-3-5-9(6-8)10(11)12;1-8(2)10-5-3-4-9(6-10)7-11;1-7(2)8-4-3-5-9(6-8)10(11)12;1-8(2)10-6-4-5-9(3)7-10;3*1-7(2)8-4-3-5-9(10)6-8;1-7(2)8-4-3-5-9(6-8)10(11)12;2*1-7(2)8-4-3-5-9(10)6-8/h3-12H,1-2H3;3-7H,1-2H3;3-7H,1-2H3;3-7H,1-2H3,(H2,11,12);3-6,8H,1-2H3;3-7H,1-2H3,(H,11,12);4-8H,1-3H3;3*3-7H,1-2H3;3-7H,1-2H3;3-7H,10H2,1-2H3;3-7,10H,1-2H3. The number of hydrogen-bond donors (Lipinski definition) is 4. The number of aromatic hydroxyl groups is 1. The number of anilines is 1. The minimum absolute atomic E-state index is 0.127. The van der Waals surface area contributed by atoms with Crippen LogP contribution in [0.4, 0.5) is 42.1 Å². The minimum atomic E-state index is -4.62. The van der Waals surface area contributed by atoms with Crippen molar-refractivity contribution in [3.8, 4) is 28.7 Å². The van der Waals surface area contributed by atoms with E-state index in [1.54, 1.807) is 78.9 Å². The van der Waals surface area contributed by atoms with Crippen molar-refractivity contribution < 1.29 is 60.2 Å². The summed E-state index contributed by atoms with van der Waals surface area (Å²) in [6.45, 7) is 56.4. The summed E-state index contributed by atoms with van der Waals surface area (Å²) in [6, 6.07) is 109. The number of nitrogens with zero attached hydrogens (tertiary/aromatic N) is 2. The highest BCUT2D eigenvalue weighted by Crippen LogP contribution is 2.33. The molecule has 0 spiro atoms. The number of nitro benzene ring substituents is 1. The van der Waals surface area contributed by atoms with Crippen LogP contribution in [0.2, 0.25) is 5.02 Å². The minimum Gasteiger partial charge on any atom is -0.508 e. The molecule has 149 heavy (non-hydrogen) atoms. The number of carboxylic acid groups (broad SMARTS) is 1. The lowest BCUT2D eigenvalue weighted by Crippen LogP contribution is -2.17. The number of amides is 1. The SMILES string of the molecule is CC(C)c1cccc(-c2ccccc2)c1.CC(C)c1cccc(Br)c1.CC(C)c1cccc(C#N)c1.CC(C)c1cccc(C(=O)O)c1.CC(C)c1cccc(C(F)(F)F)c1.CC(C)c1cccc(C(N)=O)c1.CC(C)c1cccc(Cl)c1.CC(C)c1cccc(F)c1.CC(C)c1cccc(N)c1.CC(C)c1cccc(O)c1.CC(C)c1cccc(OC(F)(F)F)c1.CC(C)c1cccc([N+](=O)[O-])c1.Cc1cccc(C(C)C)c1. The maximum absolute atomic E-state index is 12.5. The van der Waals surface area contributed by atoms with Crippen LogP contribution >= 0.6 is 27.5 Å². The summed E-state index contributed by atoms with van der Waals surface area (Å²) in [7, 11) is 0. The number of nitriles is 1. The molecule has 0 atom stereocenters. The Kier molecular flexibility index (Phi) is 61.0. The van der Waals surface area contributed by atoms with Crippen molar-refractivity contribution in [2.24, 2.45) is 5.73 Å². The van der Waals surface area contributed by atoms with Crippen molar-refractivity contribution in [1.29, 1.82) is 5.26 Å². The number of aryl methyl sites for hydroxylation is 1. The third-order valence-electron chi connectivity index (χ3n) is 22.7. The number of alkyl halides is 6. The second-order valence-corrected chi connectivity index (χ2v) is 41.0. The van der Waals surface area contributed by atoms with Crippen LogP contribution in [-0.4, -0.2) is 33.4 Å². The average Bonchev–Trinajstić information content (AvgIpc) is 0.843. The molecule has 14 aromatic rings. The Morgan fingerprint density at radius 3 is 1.09 bits per heavy atom. The molecule has 0 aliphatic carbocycles. The third kappa shape index (κ3) is 56.0. The smallest absolute Gasteiger partial charge is 0.508 e. The lowest BCUT2D eigenvalue weighted by molar-refractivity contribution is -0.384. The van der Waals surface area contributed by atoms with Crippen molar-refractivity contribution in [3.63, 3.8) is 0 Å². The van der Waals surface area contributed by atoms with Gasteiger partial charge in [-0.25, -0.2) is 9.18 Å². The molecule has 0 aliphatic rings. The number of halogens is 9. The Labute approximate surface area is 898 Å². The number of primary amides is 1. The Morgan fingerprint density at radius 1 is 0.369 bits per heavy atom. The number of benzene rings is 14. The third-order valence-corrected chi connectivity index (χ3v) is 23.5. The molecular formula is C129H157BrClF7N4O7. The van der Waals surface area contributed by atoms with E-state index in [0.29, 0.717) is 82.0 Å². The Morgan fingerprint density at radius 2 is 0.711 bits per heavy atom. The number of phenolic OH excluding ortho intramolecular Hbond substituents is 1. The molecule has 1 amide bonds. The maximum Gasteiger partial charge on any atom is 0.573 e. The van der Waals surface area contributed by atoms with E-state index >= 15 is 0 Å². The number of nitrogens with two attached hydrogens (primary N) is 2. The molecule has 0 heterocycles. The molecule has 0 bridgehead atoms. The summed E-state index contributed by atoms with van der Waals surface area (Å²) in [5.41, 5.74) is 31.9. The predicted molar refractivity (Wildman–Crippen MR) is 614 cm³/mol. The van der Waals surface area contributed by atoms with Gasteiger partial charge in [-0.3, -0.25) is 14.9 Å². The van der Waals surface area contributed by atoms with Crippen LogP contribution in [0.1, 0.15) is 367 Å².